The highest BCUT2D eigenvalue weighted by molar-refractivity contribution is 8.08. The van der Waals surface area contributed by atoms with E-state index in [0.717, 1.165) is 41.8 Å². The van der Waals surface area contributed by atoms with Gasteiger partial charge in [-0.1, -0.05) is 50.0 Å². The number of rotatable bonds is 13. The molecule has 180 valence electrons. The molecule has 0 fully saturated rings. The number of allylic oxidation sites excluding steroid dienone is 4. The average molecular weight is 496 g/mol. The maximum atomic E-state index is 11.5. The molecule has 0 saturated heterocycles. The number of aromatic nitrogens is 1. The fourth-order valence-electron chi connectivity index (χ4n) is 4.45. The molecule has 3 aliphatic rings. The molecule has 0 saturated carbocycles. The Kier molecular flexibility index (Phi) is 9.51. The highest BCUT2D eigenvalue weighted by atomic mass is 32.2. The van der Waals surface area contributed by atoms with Crippen molar-refractivity contribution in [3.05, 3.63) is 64.3 Å². The van der Waals surface area contributed by atoms with Crippen LogP contribution in [-0.4, -0.2) is 41.9 Å². The van der Waals surface area contributed by atoms with Gasteiger partial charge in [0, 0.05) is 29.1 Å². The molecular formula is C27H33N3O2S2. The van der Waals surface area contributed by atoms with Crippen molar-refractivity contribution in [2.45, 2.75) is 44.9 Å². The number of nitrogens with one attached hydrogen (secondary N) is 1. The monoisotopic (exact) mass is 495 g/mol. The third kappa shape index (κ3) is 6.25. The van der Waals surface area contributed by atoms with E-state index in [1.54, 1.807) is 0 Å². The summed E-state index contributed by atoms with van der Waals surface area (Å²) in [7, 11) is 0. The van der Waals surface area contributed by atoms with Gasteiger partial charge < -0.3 is 10.1 Å². The summed E-state index contributed by atoms with van der Waals surface area (Å²) in [5.41, 5.74) is 3.74. The molecular weight excluding hydrogens is 462 g/mol. The van der Waals surface area contributed by atoms with Gasteiger partial charge in [0.15, 0.2) is 0 Å². The number of hydrogen-bond donors (Lipinski definition) is 2. The lowest BCUT2D eigenvalue weighted by Gasteiger charge is -2.30. The second-order valence-electron chi connectivity index (χ2n) is 8.58. The Balaban J connectivity index is 1.20. The zero-order valence-corrected chi connectivity index (χ0v) is 21.3. The second kappa shape index (κ2) is 13.0. The summed E-state index contributed by atoms with van der Waals surface area (Å²) in [6.07, 6.45) is 19.9. The number of hydrogen-bond acceptors (Lipinski definition) is 6. The molecule has 4 rings (SSSR count). The molecule has 1 aliphatic heterocycles. The van der Waals surface area contributed by atoms with Crippen LogP contribution in [0.1, 0.15) is 44.9 Å². The summed E-state index contributed by atoms with van der Waals surface area (Å²) in [4.78, 5) is 22.3. The van der Waals surface area contributed by atoms with Gasteiger partial charge in [-0.2, -0.15) is 12.6 Å². The van der Waals surface area contributed by atoms with Crippen LogP contribution in [-0.2, 0) is 4.74 Å². The molecule has 1 atom stereocenters. The van der Waals surface area contributed by atoms with E-state index in [-0.39, 0.29) is 12.0 Å². The molecule has 0 aromatic carbocycles. The van der Waals surface area contributed by atoms with Crippen molar-refractivity contribution in [2.75, 3.05) is 24.7 Å². The number of thiol groups is 1. The minimum absolute atomic E-state index is 0.215. The van der Waals surface area contributed by atoms with E-state index < -0.39 is 0 Å². The summed E-state index contributed by atoms with van der Waals surface area (Å²) in [6.45, 7) is 1.12. The van der Waals surface area contributed by atoms with E-state index >= 15 is 0 Å². The molecule has 2 aliphatic carbocycles. The lowest BCUT2D eigenvalue weighted by Crippen LogP contribution is -2.39. The fourth-order valence-corrected chi connectivity index (χ4v) is 5.84. The van der Waals surface area contributed by atoms with Gasteiger partial charge in [-0.05, 0) is 54.1 Å². The van der Waals surface area contributed by atoms with Crippen molar-refractivity contribution in [1.82, 2.24) is 10.3 Å². The van der Waals surface area contributed by atoms with Crippen molar-refractivity contribution in [3.63, 3.8) is 0 Å². The zero-order valence-electron chi connectivity index (χ0n) is 19.5. The van der Waals surface area contributed by atoms with Crippen LogP contribution in [0.3, 0.4) is 0 Å². The minimum Gasteiger partial charge on any atom is -0.450 e. The summed E-state index contributed by atoms with van der Waals surface area (Å²) < 4.78 is 5.19. The first kappa shape index (κ1) is 24.9. The van der Waals surface area contributed by atoms with Crippen LogP contribution < -0.4 is 15.9 Å². The Morgan fingerprint density at radius 2 is 1.97 bits per heavy atom. The van der Waals surface area contributed by atoms with E-state index in [4.69, 9.17) is 14.7 Å². The van der Waals surface area contributed by atoms with E-state index in [9.17, 15) is 4.79 Å². The third-order valence-corrected chi connectivity index (χ3v) is 7.70. The van der Waals surface area contributed by atoms with Crippen LogP contribution in [0.5, 0.6) is 0 Å². The average Bonchev–Trinajstić information content (AvgIpc) is 2.87. The highest BCUT2D eigenvalue weighted by Crippen LogP contribution is 2.43. The van der Waals surface area contributed by atoms with Crippen LogP contribution in [0.15, 0.2) is 58.8 Å². The highest BCUT2D eigenvalue weighted by Gasteiger charge is 2.32. The lowest BCUT2D eigenvalue weighted by atomic mass is 9.80. The first-order valence-corrected chi connectivity index (χ1v) is 13.9. The van der Waals surface area contributed by atoms with Gasteiger partial charge in [0.1, 0.15) is 0 Å². The molecule has 1 N–H and O–H groups in total. The van der Waals surface area contributed by atoms with Crippen LogP contribution in [0, 0.1) is 5.92 Å². The zero-order chi connectivity index (χ0) is 23.6. The van der Waals surface area contributed by atoms with Crippen LogP contribution in [0.25, 0.3) is 10.6 Å². The van der Waals surface area contributed by atoms with Gasteiger partial charge in [-0.15, -0.1) is 11.8 Å². The number of carbonyl (C=O) groups is 1. The largest absolute Gasteiger partial charge is 0.450 e. The number of pyridine rings is 1. The number of amides is 1. The number of aliphatic imine (C=N–C) groups is 1. The Bertz CT molecular complexity index is 1120. The van der Waals surface area contributed by atoms with E-state index in [0.29, 0.717) is 13.2 Å². The number of unbranched alkanes of at least 4 members (excludes halogenated alkanes) is 5. The fraction of sp³-hybridized carbons (Fsp3) is 0.444. The van der Waals surface area contributed by atoms with Gasteiger partial charge in [0.05, 0.1) is 23.6 Å². The molecule has 1 aromatic heterocycles. The van der Waals surface area contributed by atoms with E-state index in [1.165, 1.54) is 47.0 Å². The first-order chi connectivity index (χ1) is 16.8. The molecule has 0 spiro atoms. The Morgan fingerprint density at radius 3 is 2.85 bits per heavy atom. The van der Waals surface area contributed by atoms with Crippen LogP contribution in [0.4, 0.5) is 4.79 Å². The summed E-state index contributed by atoms with van der Waals surface area (Å²) in [5, 5.41) is 4.98. The molecule has 5 nitrogen and oxygen atoms in total. The van der Waals surface area contributed by atoms with Crippen LogP contribution >= 0.6 is 24.4 Å². The van der Waals surface area contributed by atoms with Gasteiger partial charge in [0.2, 0.25) is 0 Å². The maximum absolute atomic E-state index is 11.5. The van der Waals surface area contributed by atoms with Crippen molar-refractivity contribution < 1.29 is 9.53 Å². The van der Waals surface area contributed by atoms with Crippen LogP contribution in [0.2, 0.25) is 0 Å². The number of thioether (sulfide) groups is 1. The molecule has 0 bridgehead atoms. The van der Waals surface area contributed by atoms with E-state index in [2.05, 4.69) is 48.3 Å². The number of nitrogens with zero attached hydrogens (tertiary/aromatic N) is 2. The standard InChI is InChI=1S/C27H33N3O2S2/c31-27(30-15-9-18-33)32-17-5-3-1-2-4-6-19-34-26-21-11-7-10-20-13-16-29-25(23(20)21)24-22(26)12-8-14-28-24/h7-8,10-14,16,23,33H,1-6,9,15,17-19H2,(H,30,31). The van der Waals surface area contributed by atoms with Crippen molar-refractivity contribution >= 4 is 47.3 Å². The molecule has 1 amide bonds. The van der Waals surface area contributed by atoms with Gasteiger partial charge in [-0.25, -0.2) is 4.79 Å². The van der Waals surface area contributed by atoms with Crippen molar-refractivity contribution in [2.24, 2.45) is 10.9 Å². The molecule has 34 heavy (non-hydrogen) atoms. The van der Waals surface area contributed by atoms with Crippen molar-refractivity contribution in [1.29, 1.82) is 0 Å². The van der Waals surface area contributed by atoms with E-state index in [1.807, 2.05) is 30.2 Å². The third-order valence-electron chi connectivity index (χ3n) is 6.14. The second-order valence-corrected chi connectivity index (χ2v) is 10.1. The predicted octanol–water partition coefficient (Wildman–Crippen LogP) is 4.55. The molecule has 1 unspecified atom stereocenters. The van der Waals surface area contributed by atoms with Gasteiger partial charge in [0.25, 0.3) is 0 Å². The SMILES string of the molecule is O=C(NCCCS)OCCCCCCCCSC1=c2cccnc2=C2N=CC=C3C=CC=C1C32. The minimum atomic E-state index is -0.313. The Morgan fingerprint density at radius 1 is 1.12 bits per heavy atom. The lowest BCUT2D eigenvalue weighted by molar-refractivity contribution is 0.144. The number of alkyl carbamates (subject to hydrolysis) is 1. The quantitative estimate of drug-likeness (QED) is 0.311. The molecule has 1 aromatic rings. The number of carbonyl (C=O) groups excluding carboxylic acids is 1. The van der Waals surface area contributed by atoms with Gasteiger partial charge in [-0.3, -0.25) is 9.98 Å². The molecule has 7 heteroatoms. The smallest absolute Gasteiger partial charge is 0.407 e. The predicted molar refractivity (Wildman–Crippen MR) is 146 cm³/mol. The summed E-state index contributed by atoms with van der Waals surface area (Å²) in [6, 6.07) is 4.21. The normalized spacial score (nSPS) is 17.6. The first-order valence-electron chi connectivity index (χ1n) is 12.3. The van der Waals surface area contributed by atoms with Gasteiger partial charge >= 0.3 is 6.09 Å². The number of dihydropyridines is 1. The Hall–Kier alpha value is -2.25. The summed E-state index contributed by atoms with van der Waals surface area (Å²) >= 11 is 6.08. The molecule has 0 radical (unpaired) electrons. The maximum Gasteiger partial charge on any atom is 0.407 e. The Labute approximate surface area is 211 Å². The molecule has 2 heterocycles. The summed E-state index contributed by atoms with van der Waals surface area (Å²) in [5.74, 6) is 2.09. The number of ether oxygens (including phenoxy) is 1. The van der Waals surface area contributed by atoms with Crippen molar-refractivity contribution in [3.8, 4) is 0 Å². The topological polar surface area (TPSA) is 63.6 Å². The number of fused-ring (bicyclic) bond motifs is 1.